The SMILES string of the molecule is Cc1c(C(=O)OCC(=O)N[C@@H](C)c2cccs2)oc2ccccc12. The number of nitrogens with one attached hydrogen (secondary N) is 1. The second-order valence-electron chi connectivity index (χ2n) is 5.43. The van der Waals surface area contributed by atoms with Crippen molar-refractivity contribution in [1.82, 2.24) is 5.32 Å². The summed E-state index contributed by atoms with van der Waals surface area (Å²) in [5, 5.41) is 5.60. The van der Waals surface area contributed by atoms with Crippen molar-refractivity contribution in [3.05, 3.63) is 58.0 Å². The van der Waals surface area contributed by atoms with Crippen molar-refractivity contribution in [2.24, 2.45) is 0 Å². The molecule has 1 amide bonds. The van der Waals surface area contributed by atoms with Crippen LogP contribution in [0.3, 0.4) is 0 Å². The number of aryl methyl sites for hydroxylation is 1. The Hall–Kier alpha value is -2.60. The van der Waals surface area contributed by atoms with Crippen LogP contribution in [-0.2, 0) is 9.53 Å². The molecule has 2 aromatic heterocycles. The third-order valence-corrected chi connectivity index (χ3v) is 4.77. The van der Waals surface area contributed by atoms with Crippen molar-refractivity contribution in [2.75, 3.05) is 6.61 Å². The number of amides is 1. The first kappa shape index (κ1) is 16.3. The summed E-state index contributed by atoms with van der Waals surface area (Å²) in [5.41, 5.74) is 1.33. The summed E-state index contributed by atoms with van der Waals surface area (Å²) >= 11 is 1.56. The number of rotatable bonds is 5. The lowest BCUT2D eigenvalue weighted by Crippen LogP contribution is -2.30. The van der Waals surface area contributed by atoms with Gasteiger partial charge in [-0.25, -0.2) is 4.79 Å². The van der Waals surface area contributed by atoms with Gasteiger partial charge >= 0.3 is 5.97 Å². The molecule has 0 radical (unpaired) electrons. The Kier molecular flexibility index (Phi) is 4.66. The quantitative estimate of drug-likeness (QED) is 0.715. The van der Waals surface area contributed by atoms with Gasteiger partial charge in [-0.3, -0.25) is 4.79 Å². The number of thiophene rings is 1. The molecule has 0 bridgehead atoms. The van der Waals surface area contributed by atoms with Crippen LogP contribution in [0.1, 0.15) is 34.0 Å². The molecule has 1 aromatic carbocycles. The molecule has 3 rings (SSSR count). The fraction of sp³-hybridized carbons (Fsp3) is 0.222. The number of carbonyl (C=O) groups is 2. The Balaban J connectivity index is 1.60. The fourth-order valence-electron chi connectivity index (χ4n) is 2.46. The average Bonchev–Trinajstić information content (AvgIpc) is 3.21. The van der Waals surface area contributed by atoms with Gasteiger partial charge in [0.2, 0.25) is 5.76 Å². The van der Waals surface area contributed by atoms with Gasteiger partial charge in [0.05, 0.1) is 6.04 Å². The van der Waals surface area contributed by atoms with E-state index in [2.05, 4.69) is 5.32 Å². The van der Waals surface area contributed by atoms with Gasteiger partial charge in [0.25, 0.3) is 5.91 Å². The van der Waals surface area contributed by atoms with Crippen molar-refractivity contribution in [3.63, 3.8) is 0 Å². The maximum absolute atomic E-state index is 12.2. The molecular weight excluding hydrogens is 326 g/mol. The highest BCUT2D eigenvalue weighted by atomic mass is 32.1. The van der Waals surface area contributed by atoms with Crippen LogP contribution >= 0.6 is 11.3 Å². The number of benzene rings is 1. The van der Waals surface area contributed by atoms with Gasteiger partial charge < -0.3 is 14.5 Å². The van der Waals surface area contributed by atoms with E-state index in [0.717, 1.165) is 10.3 Å². The molecule has 0 saturated heterocycles. The normalized spacial score (nSPS) is 12.1. The lowest BCUT2D eigenvalue weighted by atomic mass is 10.1. The molecule has 24 heavy (non-hydrogen) atoms. The number of para-hydroxylation sites is 1. The highest BCUT2D eigenvalue weighted by molar-refractivity contribution is 7.10. The fourth-order valence-corrected chi connectivity index (χ4v) is 3.19. The van der Waals surface area contributed by atoms with Crippen molar-refractivity contribution in [2.45, 2.75) is 19.9 Å². The third-order valence-electron chi connectivity index (χ3n) is 3.71. The van der Waals surface area contributed by atoms with Gasteiger partial charge in [-0.15, -0.1) is 11.3 Å². The molecule has 0 fully saturated rings. The molecule has 3 aromatic rings. The first-order chi connectivity index (χ1) is 11.6. The number of ether oxygens (including phenoxy) is 1. The third kappa shape index (κ3) is 3.33. The zero-order chi connectivity index (χ0) is 17.1. The minimum atomic E-state index is -0.636. The monoisotopic (exact) mass is 343 g/mol. The molecule has 0 aliphatic rings. The second kappa shape index (κ2) is 6.88. The molecule has 5 nitrogen and oxygen atoms in total. The summed E-state index contributed by atoms with van der Waals surface area (Å²) in [7, 11) is 0. The molecular formula is C18H17NO4S. The summed E-state index contributed by atoms with van der Waals surface area (Å²) in [6.07, 6.45) is 0. The summed E-state index contributed by atoms with van der Waals surface area (Å²) in [4.78, 5) is 25.1. The van der Waals surface area contributed by atoms with Crippen molar-refractivity contribution >= 4 is 34.2 Å². The first-order valence-corrected chi connectivity index (χ1v) is 8.42. The molecule has 0 saturated carbocycles. The summed E-state index contributed by atoms with van der Waals surface area (Å²) < 4.78 is 10.6. The maximum Gasteiger partial charge on any atom is 0.375 e. The van der Waals surface area contributed by atoms with E-state index >= 15 is 0 Å². The average molecular weight is 343 g/mol. The van der Waals surface area contributed by atoms with E-state index in [1.54, 1.807) is 24.3 Å². The minimum Gasteiger partial charge on any atom is -0.450 e. The molecule has 1 atom stereocenters. The van der Waals surface area contributed by atoms with E-state index in [4.69, 9.17) is 9.15 Å². The molecule has 0 aliphatic heterocycles. The maximum atomic E-state index is 12.2. The molecule has 124 valence electrons. The van der Waals surface area contributed by atoms with E-state index in [0.29, 0.717) is 11.1 Å². The van der Waals surface area contributed by atoms with E-state index in [1.165, 1.54) is 0 Å². The van der Waals surface area contributed by atoms with Gasteiger partial charge in [0.1, 0.15) is 5.58 Å². The Morgan fingerprint density at radius 1 is 1.25 bits per heavy atom. The van der Waals surface area contributed by atoms with Crippen LogP contribution in [0.4, 0.5) is 0 Å². The van der Waals surface area contributed by atoms with Crippen LogP contribution in [0.5, 0.6) is 0 Å². The van der Waals surface area contributed by atoms with Gasteiger partial charge in [0, 0.05) is 15.8 Å². The smallest absolute Gasteiger partial charge is 0.375 e. The highest BCUT2D eigenvalue weighted by Gasteiger charge is 2.20. The topological polar surface area (TPSA) is 68.5 Å². The molecule has 1 N–H and O–H groups in total. The number of hydrogen-bond donors (Lipinski definition) is 1. The predicted octanol–water partition coefficient (Wildman–Crippen LogP) is 3.84. The number of esters is 1. The van der Waals surface area contributed by atoms with Crippen molar-refractivity contribution < 1.29 is 18.7 Å². The zero-order valence-corrected chi connectivity index (χ0v) is 14.2. The van der Waals surface area contributed by atoms with Crippen LogP contribution in [0.2, 0.25) is 0 Å². The molecule has 0 unspecified atom stereocenters. The van der Waals surface area contributed by atoms with Gasteiger partial charge in [-0.05, 0) is 31.4 Å². The summed E-state index contributed by atoms with van der Waals surface area (Å²) in [6, 6.07) is 11.1. The second-order valence-corrected chi connectivity index (χ2v) is 6.41. The summed E-state index contributed by atoms with van der Waals surface area (Å²) in [6.45, 7) is 3.33. The van der Waals surface area contributed by atoms with E-state index in [-0.39, 0.29) is 24.3 Å². The zero-order valence-electron chi connectivity index (χ0n) is 13.4. The predicted molar refractivity (Wildman–Crippen MR) is 92.1 cm³/mol. The van der Waals surface area contributed by atoms with Gasteiger partial charge in [-0.2, -0.15) is 0 Å². The number of furan rings is 1. The Bertz CT molecular complexity index is 866. The van der Waals surface area contributed by atoms with E-state index < -0.39 is 5.97 Å². The Morgan fingerprint density at radius 3 is 2.75 bits per heavy atom. The largest absolute Gasteiger partial charge is 0.450 e. The standard InChI is InChI=1S/C18H17NO4S/c1-11-13-6-3-4-7-14(13)23-17(11)18(21)22-10-16(20)19-12(2)15-8-5-9-24-15/h3-9,12H,10H2,1-2H3,(H,19,20)/t12-/m0/s1. The molecule has 0 spiro atoms. The van der Waals surface area contributed by atoms with Crippen LogP contribution < -0.4 is 5.32 Å². The lowest BCUT2D eigenvalue weighted by Gasteiger charge is -2.12. The van der Waals surface area contributed by atoms with Crippen molar-refractivity contribution in [3.8, 4) is 0 Å². The molecule has 6 heteroatoms. The first-order valence-electron chi connectivity index (χ1n) is 7.54. The van der Waals surface area contributed by atoms with Crippen LogP contribution in [0.15, 0.2) is 46.2 Å². The van der Waals surface area contributed by atoms with Crippen molar-refractivity contribution in [1.29, 1.82) is 0 Å². The Morgan fingerprint density at radius 2 is 2.04 bits per heavy atom. The summed E-state index contributed by atoms with van der Waals surface area (Å²) in [5.74, 6) is -0.851. The molecule has 2 heterocycles. The van der Waals surface area contributed by atoms with Crippen LogP contribution in [-0.4, -0.2) is 18.5 Å². The van der Waals surface area contributed by atoms with Crippen LogP contribution in [0.25, 0.3) is 11.0 Å². The number of hydrogen-bond acceptors (Lipinski definition) is 5. The van der Waals surface area contributed by atoms with Gasteiger partial charge in [0.15, 0.2) is 6.61 Å². The van der Waals surface area contributed by atoms with E-state index in [9.17, 15) is 9.59 Å². The number of fused-ring (bicyclic) bond motifs is 1. The minimum absolute atomic E-state index is 0.121. The van der Waals surface area contributed by atoms with Crippen LogP contribution in [0, 0.1) is 6.92 Å². The molecule has 0 aliphatic carbocycles. The van der Waals surface area contributed by atoms with E-state index in [1.807, 2.05) is 42.6 Å². The van der Waals surface area contributed by atoms with Gasteiger partial charge in [-0.1, -0.05) is 24.3 Å². The lowest BCUT2D eigenvalue weighted by molar-refractivity contribution is -0.124. The number of carbonyl (C=O) groups excluding carboxylic acids is 2. The highest BCUT2D eigenvalue weighted by Crippen LogP contribution is 2.25. The Labute approximate surface area is 143 Å².